The molecule has 0 saturated heterocycles. The molecule has 6 nitrogen and oxygen atoms in total. The van der Waals surface area contributed by atoms with Crippen molar-refractivity contribution in [2.45, 2.75) is 12.8 Å². The zero-order valence-corrected chi connectivity index (χ0v) is 7.94. The molecule has 0 amide bonds. The third kappa shape index (κ3) is 7.26. The fraction of sp³-hybridized carbons (Fsp3) is 0.500. The largest absolute Gasteiger partial charge is 0.481 e. The van der Waals surface area contributed by atoms with E-state index < -0.39 is 5.97 Å². The number of carbonyl (C=O) groups is 1. The highest BCUT2D eigenvalue weighted by Crippen LogP contribution is 1.88. The molecule has 6 heteroatoms. The number of nitrogens with zero attached hydrogens (tertiary/aromatic N) is 1. The Morgan fingerprint density at radius 2 is 2.21 bits per heavy atom. The average molecular weight is 200 g/mol. The highest BCUT2D eigenvalue weighted by molar-refractivity contribution is 5.66. The number of hydrogen-bond donors (Lipinski definition) is 4. The summed E-state index contributed by atoms with van der Waals surface area (Å²) in [6.45, 7) is 0.914. The van der Waals surface area contributed by atoms with E-state index in [1.165, 1.54) is 0 Å². The van der Waals surface area contributed by atoms with Gasteiger partial charge >= 0.3 is 5.97 Å². The van der Waals surface area contributed by atoms with E-state index in [0.29, 0.717) is 6.54 Å². The molecule has 0 aliphatic heterocycles. The van der Waals surface area contributed by atoms with E-state index >= 15 is 0 Å². The van der Waals surface area contributed by atoms with Crippen molar-refractivity contribution >= 4 is 5.97 Å². The minimum atomic E-state index is -0.836. The molecule has 0 aliphatic rings. The average Bonchev–Trinajstić information content (AvgIpc) is 2.58. The lowest BCUT2D eigenvalue weighted by Gasteiger charge is -1.86. The van der Waals surface area contributed by atoms with Crippen LogP contribution in [0.25, 0.3) is 0 Å². The summed E-state index contributed by atoms with van der Waals surface area (Å²) in [7, 11) is 0. The van der Waals surface area contributed by atoms with Crippen LogP contribution in [0.1, 0.15) is 12.1 Å². The summed E-state index contributed by atoms with van der Waals surface area (Å²) < 4.78 is 0. The van der Waals surface area contributed by atoms with E-state index in [4.69, 9.17) is 16.6 Å². The lowest BCUT2D eigenvalue weighted by molar-refractivity contribution is -0.136. The van der Waals surface area contributed by atoms with Gasteiger partial charge in [0.1, 0.15) is 0 Å². The molecule has 0 atom stereocenters. The number of imidazole rings is 1. The Morgan fingerprint density at radius 1 is 1.50 bits per heavy atom. The first-order chi connectivity index (χ1) is 6.70. The minimum absolute atomic E-state index is 0.0694. The first-order valence-electron chi connectivity index (χ1n) is 4.30. The smallest absolute Gasteiger partial charge is 0.304 e. The van der Waals surface area contributed by atoms with Crippen molar-refractivity contribution in [1.82, 2.24) is 9.97 Å². The number of rotatable bonds is 4. The molecule has 14 heavy (non-hydrogen) atoms. The Bertz CT molecular complexity index is 235. The van der Waals surface area contributed by atoms with E-state index in [2.05, 4.69) is 9.97 Å². The Kier molecular flexibility index (Phi) is 7.39. The number of aliphatic carboxylic acids is 1. The van der Waals surface area contributed by atoms with E-state index in [1.54, 1.807) is 12.5 Å². The molecule has 1 heterocycles. The molecular weight excluding hydrogens is 184 g/mol. The quantitative estimate of drug-likeness (QED) is 0.514. The predicted octanol–water partition coefficient (Wildman–Crippen LogP) is -0.669. The minimum Gasteiger partial charge on any atom is -0.481 e. The summed E-state index contributed by atoms with van der Waals surface area (Å²) in [5.74, 6) is -0.836. The van der Waals surface area contributed by atoms with Gasteiger partial charge in [-0.25, -0.2) is 4.98 Å². The number of nitrogens with two attached hydrogens (primary N) is 2. The number of nitrogens with one attached hydrogen (secondary N) is 1. The molecule has 0 fully saturated rings. The molecule has 6 N–H and O–H groups in total. The molecule has 1 rings (SSSR count). The maximum absolute atomic E-state index is 9.52. The normalized spacial score (nSPS) is 9.00. The third-order valence-corrected chi connectivity index (χ3v) is 1.33. The van der Waals surface area contributed by atoms with Crippen LogP contribution in [-0.2, 0) is 11.2 Å². The van der Waals surface area contributed by atoms with Crippen molar-refractivity contribution in [3.8, 4) is 0 Å². The van der Waals surface area contributed by atoms with Gasteiger partial charge in [-0.15, -0.1) is 0 Å². The first-order valence-corrected chi connectivity index (χ1v) is 4.30. The van der Waals surface area contributed by atoms with Gasteiger partial charge < -0.3 is 21.6 Å². The number of H-pyrrole nitrogens is 1. The Morgan fingerprint density at radius 3 is 2.50 bits per heavy atom. The fourth-order valence-corrected chi connectivity index (χ4v) is 0.700. The molecule has 0 aromatic carbocycles. The van der Waals surface area contributed by atoms with Crippen LogP contribution in [0.5, 0.6) is 0 Å². The summed E-state index contributed by atoms with van der Waals surface area (Å²) in [4.78, 5) is 16.3. The van der Waals surface area contributed by atoms with Crippen LogP contribution in [0, 0.1) is 0 Å². The number of aromatic amines is 1. The Labute approximate surface area is 82.3 Å². The fourth-order valence-electron chi connectivity index (χ4n) is 0.700. The maximum Gasteiger partial charge on any atom is 0.304 e. The van der Waals surface area contributed by atoms with Gasteiger partial charge in [-0.05, 0) is 6.54 Å². The van der Waals surface area contributed by atoms with Gasteiger partial charge in [-0.3, -0.25) is 4.79 Å². The highest BCUT2D eigenvalue weighted by Gasteiger charge is 1.88. The van der Waals surface area contributed by atoms with Crippen molar-refractivity contribution in [1.29, 1.82) is 0 Å². The summed E-state index contributed by atoms with van der Waals surface area (Å²) in [6, 6.07) is 0. The van der Waals surface area contributed by atoms with Crippen molar-refractivity contribution in [3.05, 3.63) is 18.2 Å². The van der Waals surface area contributed by atoms with Crippen molar-refractivity contribution in [3.63, 3.8) is 0 Å². The Balaban J connectivity index is 0.000000255. The zero-order valence-electron chi connectivity index (χ0n) is 7.94. The van der Waals surface area contributed by atoms with Gasteiger partial charge in [0.15, 0.2) is 0 Å². The predicted molar refractivity (Wildman–Crippen MR) is 52.7 cm³/mol. The second-order valence-electron chi connectivity index (χ2n) is 2.55. The van der Waals surface area contributed by atoms with E-state index in [-0.39, 0.29) is 13.0 Å². The zero-order chi connectivity index (χ0) is 10.8. The molecule has 80 valence electrons. The van der Waals surface area contributed by atoms with Crippen LogP contribution >= 0.6 is 0 Å². The molecule has 1 aromatic heterocycles. The molecule has 0 spiro atoms. The van der Waals surface area contributed by atoms with Crippen LogP contribution in [0.15, 0.2) is 12.5 Å². The van der Waals surface area contributed by atoms with Gasteiger partial charge in [0.2, 0.25) is 0 Å². The van der Waals surface area contributed by atoms with Crippen LogP contribution in [0.4, 0.5) is 0 Å². The summed E-state index contributed by atoms with van der Waals surface area (Å²) >= 11 is 0. The van der Waals surface area contributed by atoms with E-state index in [1.807, 2.05) is 0 Å². The van der Waals surface area contributed by atoms with Crippen molar-refractivity contribution in [2.75, 3.05) is 13.1 Å². The highest BCUT2D eigenvalue weighted by atomic mass is 16.4. The van der Waals surface area contributed by atoms with E-state index in [0.717, 1.165) is 12.1 Å². The number of hydrogen-bond acceptors (Lipinski definition) is 4. The third-order valence-electron chi connectivity index (χ3n) is 1.33. The Hall–Kier alpha value is -1.40. The summed E-state index contributed by atoms with van der Waals surface area (Å²) in [6.07, 6.45) is 4.40. The van der Waals surface area contributed by atoms with Crippen LogP contribution in [0.3, 0.4) is 0 Å². The lowest BCUT2D eigenvalue weighted by atomic mass is 10.3. The monoisotopic (exact) mass is 200 g/mol. The molecule has 0 saturated carbocycles. The summed E-state index contributed by atoms with van der Waals surface area (Å²) in [5.41, 5.74) is 11.2. The molecular formula is C8H16N4O2. The van der Waals surface area contributed by atoms with Gasteiger partial charge in [0.25, 0.3) is 0 Å². The van der Waals surface area contributed by atoms with Crippen molar-refractivity contribution < 1.29 is 9.90 Å². The number of aromatic nitrogens is 2. The van der Waals surface area contributed by atoms with Crippen molar-refractivity contribution in [2.24, 2.45) is 11.5 Å². The van der Waals surface area contributed by atoms with Gasteiger partial charge in [0.05, 0.1) is 12.7 Å². The SMILES string of the molecule is NCCC(=O)O.NCCc1cnc[nH]1. The lowest BCUT2D eigenvalue weighted by Crippen LogP contribution is -2.05. The van der Waals surface area contributed by atoms with E-state index in [9.17, 15) is 4.79 Å². The number of carboxylic acid groups (broad SMARTS) is 1. The second kappa shape index (κ2) is 8.21. The van der Waals surface area contributed by atoms with Gasteiger partial charge in [0, 0.05) is 24.9 Å². The van der Waals surface area contributed by atoms with Crippen LogP contribution in [0.2, 0.25) is 0 Å². The van der Waals surface area contributed by atoms with Crippen LogP contribution in [-0.4, -0.2) is 34.1 Å². The van der Waals surface area contributed by atoms with Gasteiger partial charge in [-0.2, -0.15) is 0 Å². The standard InChI is InChI=1S/C5H9N3.C3H7NO2/c6-2-1-5-3-7-4-8-5;4-2-1-3(5)6/h3-4H,1-2,6H2,(H,7,8);1-2,4H2,(H,5,6). The molecule has 0 radical (unpaired) electrons. The molecule has 0 bridgehead atoms. The maximum atomic E-state index is 9.52. The topological polar surface area (TPSA) is 118 Å². The molecule has 0 unspecified atom stereocenters. The summed E-state index contributed by atoms with van der Waals surface area (Å²) in [5, 5.41) is 7.83. The molecule has 1 aromatic rings. The van der Waals surface area contributed by atoms with Crippen LogP contribution < -0.4 is 11.5 Å². The number of carboxylic acids is 1. The first kappa shape index (κ1) is 12.6. The molecule has 0 aliphatic carbocycles. The van der Waals surface area contributed by atoms with Gasteiger partial charge in [-0.1, -0.05) is 0 Å². The second-order valence-corrected chi connectivity index (χ2v) is 2.55.